The molecule has 0 fully saturated rings. The first-order valence-corrected chi connectivity index (χ1v) is 8.08. The summed E-state index contributed by atoms with van der Waals surface area (Å²) in [5.74, 6) is 1.06. The second kappa shape index (κ2) is 7.74. The van der Waals surface area contributed by atoms with E-state index in [2.05, 4.69) is 10.3 Å². The number of methoxy groups -OCH3 is 3. The van der Waals surface area contributed by atoms with Crippen molar-refractivity contribution in [2.45, 2.75) is 6.54 Å². The average molecular weight is 352 g/mol. The van der Waals surface area contributed by atoms with Gasteiger partial charge in [-0.1, -0.05) is 24.3 Å². The Labute approximate surface area is 151 Å². The number of amides is 1. The fourth-order valence-electron chi connectivity index (χ4n) is 2.80. The number of ether oxygens (including phenoxy) is 3. The van der Waals surface area contributed by atoms with E-state index in [1.54, 1.807) is 18.3 Å². The van der Waals surface area contributed by atoms with Gasteiger partial charge in [0.1, 0.15) is 0 Å². The Morgan fingerprint density at radius 1 is 1.00 bits per heavy atom. The number of benzene rings is 2. The SMILES string of the molecule is COc1cc(C(=O)NCc2nccc3ccccc23)cc(OC)c1OC. The molecule has 3 aromatic rings. The normalized spacial score (nSPS) is 10.4. The number of hydrogen-bond acceptors (Lipinski definition) is 5. The highest BCUT2D eigenvalue weighted by atomic mass is 16.5. The molecule has 0 spiro atoms. The monoisotopic (exact) mass is 352 g/mol. The molecule has 0 atom stereocenters. The molecule has 1 heterocycles. The van der Waals surface area contributed by atoms with Crippen LogP contribution in [0.5, 0.6) is 17.2 Å². The van der Waals surface area contributed by atoms with Crippen LogP contribution >= 0.6 is 0 Å². The summed E-state index contributed by atoms with van der Waals surface area (Å²) >= 11 is 0. The Balaban J connectivity index is 1.84. The zero-order chi connectivity index (χ0) is 18.5. The summed E-state index contributed by atoms with van der Waals surface area (Å²) in [5, 5.41) is 4.99. The molecule has 1 N–H and O–H groups in total. The predicted octanol–water partition coefficient (Wildman–Crippen LogP) is 3.19. The molecule has 0 unspecified atom stereocenters. The van der Waals surface area contributed by atoms with E-state index in [1.807, 2.05) is 30.3 Å². The van der Waals surface area contributed by atoms with Crippen molar-refractivity contribution >= 4 is 16.7 Å². The number of rotatable bonds is 6. The minimum atomic E-state index is -0.251. The molecule has 0 aliphatic rings. The number of pyridine rings is 1. The van der Waals surface area contributed by atoms with Gasteiger partial charge in [0, 0.05) is 17.1 Å². The van der Waals surface area contributed by atoms with Crippen LogP contribution < -0.4 is 19.5 Å². The Morgan fingerprint density at radius 3 is 2.35 bits per heavy atom. The van der Waals surface area contributed by atoms with Crippen molar-refractivity contribution in [3.63, 3.8) is 0 Å². The van der Waals surface area contributed by atoms with Crippen LogP contribution in [0.3, 0.4) is 0 Å². The highest BCUT2D eigenvalue weighted by Crippen LogP contribution is 2.38. The number of nitrogens with one attached hydrogen (secondary N) is 1. The van der Waals surface area contributed by atoms with Gasteiger partial charge in [-0.3, -0.25) is 9.78 Å². The summed E-state index contributed by atoms with van der Waals surface area (Å²) in [7, 11) is 4.55. The van der Waals surface area contributed by atoms with Crippen molar-refractivity contribution in [2.75, 3.05) is 21.3 Å². The molecule has 26 heavy (non-hydrogen) atoms. The van der Waals surface area contributed by atoms with Gasteiger partial charge >= 0.3 is 0 Å². The van der Waals surface area contributed by atoms with Crippen LogP contribution in [-0.2, 0) is 6.54 Å². The second-order valence-electron chi connectivity index (χ2n) is 5.58. The lowest BCUT2D eigenvalue weighted by atomic mass is 10.1. The van der Waals surface area contributed by atoms with Gasteiger partial charge in [-0.2, -0.15) is 0 Å². The molecule has 6 nitrogen and oxygen atoms in total. The summed E-state index contributed by atoms with van der Waals surface area (Å²) in [6, 6.07) is 13.1. The van der Waals surface area contributed by atoms with Crippen LogP contribution in [-0.4, -0.2) is 32.2 Å². The quantitative estimate of drug-likeness (QED) is 0.738. The van der Waals surface area contributed by atoms with Crippen molar-refractivity contribution < 1.29 is 19.0 Å². The van der Waals surface area contributed by atoms with Crippen LogP contribution in [0.2, 0.25) is 0 Å². The molecular formula is C20H20N2O4. The van der Waals surface area contributed by atoms with E-state index in [4.69, 9.17) is 14.2 Å². The molecule has 2 aromatic carbocycles. The van der Waals surface area contributed by atoms with Crippen molar-refractivity contribution in [2.24, 2.45) is 0 Å². The van der Waals surface area contributed by atoms with Crippen molar-refractivity contribution in [1.82, 2.24) is 10.3 Å². The second-order valence-corrected chi connectivity index (χ2v) is 5.58. The van der Waals surface area contributed by atoms with Crippen LogP contribution in [0, 0.1) is 0 Å². The standard InChI is InChI=1S/C20H20N2O4/c1-24-17-10-14(11-18(25-2)19(17)26-3)20(23)22-12-16-15-7-5-4-6-13(15)8-9-21-16/h4-11H,12H2,1-3H3,(H,22,23). The zero-order valence-corrected chi connectivity index (χ0v) is 14.9. The number of fused-ring (bicyclic) bond motifs is 1. The molecule has 0 radical (unpaired) electrons. The molecular weight excluding hydrogens is 332 g/mol. The first-order chi connectivity index (χ1) is 12.7. The van der Waals surface area contributed by atoms with Gasteiger partial charge < -0.3 is 19.5 Å². The highest BCUT2D eigenvalue weighted by molar-refractivity contribution is 5.96. The van der Waals surface area contributed by atoms with Gasteiger partial charge in [0.05, 0.1) is 33.6 Å². The fraction of sp³-hybridized carbons (Fsp3) is 0.200. The molecule has 3 rings (SSSR count). The Morgan fingerprint density at radius 2 is 1.69 bits per heavy atom. The van der Waals surface area contributed by atoms with E-state index in [9.17, 15) is 4.79 Å². The van der Waals surface area contributed by atoms with Gasteiger partial charge in [0.15, 0.2) is 11.5 Å². The average Bonchev–Trinajstić information content (AvgIpc) is 2.70. The van der Waals surface area contributed by atoms with Gasteiger partial charge in [-0.25, -0.2) is 0 Å². The van der Waals surface area contributed by atoms with E-state index < -0.39 is 0 Å². The maximum atomic E-state index is 12.6. The molecule has 1 aromatic heterocycles. The highest BCUT2D eigenvalue weighted by Gasteiger charge is 2.17. The van der Waals surface area contributed by atoms with E-state index in [-0.39, 0.29) is 5.91 Å². The van der Waals surface area contributed by atoms with E-state index >= 15 is 0 Å². The Kier molecular flexibility index (Phi) is 5.22. The molecule has 0 aliphatic carbocycles. The summed E-state index contributed by atoms with van der Waals surface area (Å²) in [4.78, 5) is 17.0. The third-order valence-electron chi connectivity index (χ3n) is 4.10. The molecule has 0 saturated heterocycles. The van der Waals surface area contributed by atoms with Gasteiger partial charge in [0.25, 0.3) is 5.91 Å². The molecule has 6 heteroatoms. The molecule has 0 aliphatic heterocycles. The van der Waals surface area contributed by atoms with E-state index in [0.29, 0.717) is 29.4 Å². The van der Waals surface area contributed by atoms with Crippen molar-refractivity contribution in [3.05, 3.63) is 59.9 Å². The Bertz CT molecular complexity index is 910. The number of carbonyl (C=O) groups is 1. The van der Waals surface area contributed by atoms with Gasteiger partial charge in [0.2, 0.25) is 5.75 Å². The molecule has 0 bridgehead atoms. The maximum absolute atomic E-state index is 12.6. The fourth-order valence-corrected chi connectivity index (χ4v) is 2.80. The number of nitrogens with zero attached hydrogens (tertiary/aromatic N) is 1. The van der Waals surface area contributed by atoms with Crippen molar-refractivity contribution in [3.8, 4) is 17.2 Å². The largest absolute Gasteiger partial charge is 0.493 e. The smallest absolute Gasteiger partial charge is 0.251 e. The molecule has 1 amide bonds. The minimum Gasteiger partial charge on any atom is -0.493 e. The van der Waals surface area contributed by atoms with Gasteiger partial charge in [-0.05, 0) is 23.6 Å². The van der Waals surface area contributed by atoms with Crippen LogP contribution in [0.1, 0.15) is 16.1 Å². The number of carbonyl (C=O) groups excluding carboxylic acids is 1. The summed E-state index contributed by atoms with van der Waals surface area (Å²) < 4.78 is 15.9. The summed E-state index contributed by atoms with van der Waals surface area (Å²) in [5.41, 5.74) is 1.23. The third-order valence-corrected chi connectivity index (χ3v) is 4.10. The first kappa shape index (κ1) is 17.5. The number of hydrogen-bond donors (Lipinski definition) is 1. The molecule has 134 valence electrons. The lowest BCUT2D eigenvalue weighted by molar-refractivity contribution is 0.0949. The lowest BCUT2D eigenvalue weighted by Crippen LogP contribution is -2.23. The zero-order valence-electron chi connectivity index (χ0n) is 14.9. The minimum absolute atomic E-state index is 0.251. The third kappa shape index (κ3) is 3.39. The van der Waals surface area contributed by atoms with Crippen molar-refractivity contribution in [1.29, 1.82) is 0 Å². The van der Waals surface area contributed by atoms with E-state index in [0.717, 1.165) is 16.5 Å². The van der Waals surface area contributed by atoms with Crippen LogP contribution in [0.25, 0.3) is 10.8 Å². The van der Waals surface area contributed by atoms with Crippen LogP contribution in [0.4, 0.5) is 0 Å². The lowest BCUT2D eigenvalue weighted by Gasteiger charge is -2.14. The predicted molar refractivity (Wildman–Crippen MR) is 99.0 cm³/mol. The molecule has 0 saturated carbocycles. The van der Waals surface area contributed by atoms with Gasteiger partial charge in [-0.15, -0.1) is 0 Å². The summed E-state index contributed by atoms with van der Waals surface area (Å²) in [6.07, 6.45) is 1.74. The first-order valence-electron chi connectivity index (χ1n) is 8.08. The Hall–Kier alpha value is -3.28. The topological polar surface area (TPSA) is 69.7 Å². The van der Waals surface area contributed by atoms with Crippen LogP contribution in [0.15, 0.2) is 48.7 Å². The maximum Gasteiger partial charge on any atom is 0.251 e. The summed E-state index contributed by atoms with van der Waals surface area (Å²) in [6.45, 7) is 0.316. The number of aromatic nitrogens is 1. The van der Waals surface area contributed by atoms with E-state index in [1.165, 1.54) is 21.3 Å².